The predicted molar refractivity (Wildman–Crippen MR) is 136 cm³/mol. The van der Waals surface area contributed by atoms with E-state index in [0.717, 1.165) is 26.7 Å². The number of nitrogens with one attached hydrogen (secondary N) is 1. The molecule has 0 fully saturated rings. The Morgan fingerprint density at radius 3 is 2.66 bits per heavy atom. The third-order valence-electron chi connectivity index (χ3n) is 5.54. The molecule has 188 valence electrons. The number of nitrogens with zero attached hydrogens (tertiary/aromatic N) is 1. The van der Waals surface area contributed by atoms with Crippen LogP contribution in [0, 0.1) is 6.92 Å². The zero-order valence-corrected chi connectivity index (χ0v) is 22.2. The molecule has 9 heteroatoms. The molecule has 8 nitrogen and oxygen atoms in total. The van der Waals surface area contributed by atoms with Gasteiger partial charge in [-0.05, 0) is 62.9 Å². The molecule has 0 radical (unpaired) electrons. The van der Waals surface area contributed by atoms with Crippen molar-refractivity contribution in [1.29, 1.82) is 0 Å². The number of carbonyl (C=O) groups excluding carboxylic acids is 3. The van der Waals surface area contributed by atoms with Gasteiger partial charge in [0.2, 0.25) is 5.91 Å². The Kier molecular flexibility index (Phi) is 8.43. The fourth-order valence-electron chi connectivity index (χ4n) is 3.77. The van der Waals surface area contributed by atoms with Crippen LogP contribution in [0.2, 0.25) is 0 Å². The lowest BCUT2D eigenvalue weighted by atomic mass is 9.96. The molecular formula is C26H31BrN2O6. The molecule has 2 aromatic carbocycles. The second-order valence-corrected chi connectivity index (χ2v) is 10.2. The van der Waals surface area contributed by atoms with Gasteiger partial charge in [-0.2, -0.15) is 0 Å². The van der Waals surface area contributed by atoms with Crippen LogP contribution in [0.15, 0.2) is 40.9 Å². The zero-order chi connectivity index (χ0) is 25.8. The summed E-state index contributed by atoms with van der Waals surface area (Å²) in [7, 11) is 1.73. The lowest BCUT2D eigenvalue weighted by Gasteiger charge is -2.22. The van der Waals surface area contributed by atoms with Crippen LogP contribution in [0.3, 0.4) is 0 Å². The highest BCUT2D eigenvalue weighted by Gasteiger charge is 2.29. The second kappa shape index (κ2) is 11.1. The first-order valence-corrected chi connectivity index (χ1v) is 12.2. The average Bonchev–Trinajstić information content (AvgIpc) is 2.89. The third-order valence-corrected chi connectivity index (χ3v) is 6.40. The van der Waals surface area contributed by atoms with E-state index in [1.807, 2.05) is 43.3 Å². The lowest BCUT2D eigenvalue weighted by Crippen LogP contribution is -2.31. The molecule has 1 aliphatic rings. The monoisotopic (exact) mass is 546 g/mol. The topological polar surface area (TPSA) is 94.2 Å². The van der Waals surface area contributed by atoms with Gasteiger partial charge in [0.15, 0.2) is 0 Å². The van der Waals surface area contributed by atoms with E-state index < -0.39 is 24.0 Å². The van der Waals surface area contributed by atoms with E-state index in [0.29, 0.717) is 12.1 Å². The normalized spacial score (nSPS) is 15.7. The number of fused-ring (bicyclic) bond motifs is 1. The van der Waals surface area contributed by atoms with Crippen LogP contribution in [0.5, 0.6) is 0 Å². The van der Waals surface area contributed by atoms with E-state index in [9.17, 15) is 14.4 Å². The predicted octanol–water partition coefficient (Wildman–Crippen LogP) is 5.90. The van der Waals surface area contributed by atoms with E-state index in [1.165, 1.54) is 0 Å². The van der Waals surface area contributed by atoms with Crippen LogP contribution in [-0.4, -0.2) is 44.0 Å². The summed E-state index contributed by atoms with van der Waals surface area (Å²) >= 11 is 3.57. The number of hydrogen-bond acceptors (Lipinski definition) is 6. The van der Waals surface area contributed by atoms with Gasteiger partial charge in [-0.15, -0.1) is 0 Å². The number of hydrogen-bond donors (Lipinski definition) is 1. The lowest BCUT2D eigenvalue weighted by molar-refractivity contribution is -0.118. The number of carbonyl (C=O) groups is 3. The smallest absolute Gasteiger partial charge is 0.441 e. The fraction of sp³-hybridized carbons (Fsp3) is 0.423. The maximum absolute atomic E-state index is 12.7. The highest BCUT2D eigenvalue weighted by Crippen LogP contribution is 2.39. The Morgan fingerprint density at radius 2 is 1.94 bits per heavy atom. The number of alkyl carbamates (subject to hydrolysis) is 1. The number of benzene rings is 2. The Balaban J connectivity index is 1.70. The molecule has 0 bridgehead atoms. The van der Waals surface area contributed by atoms with E-state index in [1.54, 1.807) is 32.7 Å². The van der Waals surface area contributed by atoms with Crippen molar-refractivity contribution in [3.63, 3.8) is 0 Å². The van der Waals surface area contributed by atoms with Crippen LogP contribution in [0.25, 0.3) is 11.1 Å². The molecular weight excluding hydrogens is 516 g/mol. The standard InChI is InChI=1S/C26H31BrN2O6/c1-16-18(7-6-8-20(16)27)17-9-10-19-21(15-17)29(5)23(30)12-11-22(19)34-24(31)28-13-14-33-25(32)35-26(2,3)4/h6-10,15,22H,11-14H2,1-5H3,(H,28,31). The second-order valence-electron chi connectivity index (χ2n) is 9.31. The molecule has 2 amide bonds. The van der Waals surface area contributed by atoms with Gasteiger partial charge >= 0.3 is 12.2 Å². The van der Waals surface area contributed by atoms with Gasteiger partial charge < -0.3 is 24.4 Å². The van der Waals surface area contributed by atoms with Crippen LogP contribution in [0.1, 0.15) is 50.8 Å². The Hall–Kier alpha value is -3.07. The first-order valence-electron chi connectivity index (χ1n) is 11.4. The minimum atomic E-state index is -0.802. The van der Waals surface area contributed by atoms with E-state index in [4.69, 9.17) is 14.2 Å². The van der Waals surface area contributed by atoms with Crippen LogP contribution >= 0.6 is 15.9 Å². The first-order chi connectivity index (χ1) is 16.5. The van der Waals surface area contributed by atoms with Gasteiger partial charge in [-0.25, -0.2) is 9.59 Å². The van der Waals surface area contributed by atoms with Crippen molar-refractivity contribution < 1.29 is 28.6 Å². The summed E-state index contributed by atoms with van der Waals surface area (Å²) in [5, 5.41) is 2.58. The molecule has 1 aliphatic heterocycles. The molecule has 0 spiro atoms. The van der Waals surface area contributed by atoms with E-state index >= 15 is 0 Å². The molecule has 0 saturated heterocycles. The Morgan fingerprint density at radius 1 is 1.20 bits per heavy atom. The van der Waals surface area contributed by atoms with E-state index in [2.05, 4.69) is 21.2 Å². The van der Waals surface area contributed by atoms with Crippen molar-refractivity contribution in [2.24, 2.45) is 0 Å². The third kappa shape index (κ3) is 6.97. The van der Waals surface area contributed by atoms with Gasteiger partial charge in [-0.1, -0.05) is 40.2 Å². The summed E-state index contributed by atoms with van der Waals surface area (Å²) in [5.74, 6) is -0.0494. The van der Waals surface area contributed by atoms with Crippen LogP contribution < -0.4 is 10.2 Å². The largest absolute Gasteiger partial charge is 0.508 e. The number of anilines is 1. The molecule has 1 atom stereocenters. The summed E-state index contributed by atoms with van der Waals surface area (Å²) in [6.07, 6.45) is -1.44. The van der Waals surface area contributed by atoms with Gasteiger partial charge in [0, 0.05) is 23.5 Å². The highest BCUT2D eigenvalue weighted by atomic mass is 79.9. The number of halogens is 1. The van der Waals surface area contributed by atoms with Crippen molar-refractivity contribution in [3.05, 3.63) is 52.0 Å². The molecule has 0 aliphatic carbocycles. The molecule has 2 aromatic rings. The van der Waals surface area contributed by atoms with Crippen molar-refractivity contribution >= 4 is 39.8 Å². The number of rotatable bonds is 5. The van der Waals surface area contributed by atoms with Crippen molar-refractivity contribution in [1.82, 2.24) is 5.32 Å². The van der Waals surface area contributed by atoms with Crippen LogP contribution in [-0.2, 0) is 19.0 Å². The van der Waals surface area contributed by atoms with Crippen molar-refractivity contribution in [2.45, 2.75) is 52.2 Å². The van der Waals surface area contributed by atoms with Gasteiger partial charge in [0.1, 0.15) is 18.3 Å². The number of ether oxygens (including phenoxy) is 3. The highest BCUT2D eigenvalue weighted by molar-refractivity contribution is 9.10. The molecule has 1 unspecified atom stereocenters. The molecule has 3 rings (SSSR count). The number of amides is 2. The van der Waals surface area contributed by atoms with Gasteiger partial charge in [0.25, 0.3) is 0 Å². The fourth-order valence-corrected chi connectivity index (χ4v) is 4.13. The Bertz CT molecular complexity index is 1110. The van der Waals surface area contributed by atoms with Gasteiger partial charge in [0.05, 0.1) is 12.2 Å². The van der Waals surface area contributed by atoms with E-state index in [-0.39, 0.29) is 25.5 Å². The van der Waals surface area contributed by atoms with Crippen molar-refractivity contribution in [2.75, 3.05) is 25.1 Å². The molecule has 1 N–H and O–H groups in total. The summed E-state index contributed by atoms with van der Waals surface area (Å²) in [6, 6.07) is 11.8. The molecule has 1 heterocycles. The zero-order valence-electron chi connectivity index (χ0n) is 20.6. The SMILES string of the molecule is Cc1c(Br)cccc1-c1ccc2c(c1)N(C)C(=O)CCC2OC(=O)NCCOC(=O)OC(C)(C)C. The summed E-state index contributed by atoms with van der Waals surface area (Å²) < 4.78 is 16.7. The van der Waals surface area contributed by atoms with Crippen LogP contribution in [0.4, 0.5) is 15.3 Å². The summed E-state index contributed by atoms with van der Waals surface area (Å²) in [5.41, 5.74) is 3.91. The minimum absolute atomic E-state index is 0.0494. The maximum Gasteiger partial charge on any atom is 0.508 e. The van der Waals surface area contributed by atoms with Gasteiger partial charge in [-0.3, -0.25) is 4.79 Å². The molecule has 0 saturated carbocycles. The summed E-state index contributed by atoms with van der Waals surface area (Å²) in [4.78, 5) is 38.3. The average molecular weight is 547 g/mol. The maximum atomic E-state index is 12.7. The summed E-state index contributed by atoms with van der Waals surface area (Å²) in [6.45, 7) is 7.25. The first kappa shape index (κ1) is 26.5. The quantitative estimate of drug-likeness (QED) is 0.370. The minimum Gasteiger partial charge on any atom is -0.441 e. The molecule has 35 heavy (non-hydrogen) atoms. The molecule has 0 aromatic heterocycles. The van der Waals surface area contributed by atoms with Crippen molar-refractivity contribution in [3.8, 4) is 11.1 Å². The Labute approximate surface area is 214 Å².